The molecule has 7 heteroatoms. The van der Waals surface area contributed by atoms with Crippen LogP contribution < -0.4 is 10.6 Å². The zero-order valence-corrected chi connectivity index (χ0v) is 16.6. The van der Waals surface area contributed by atoms with E-state index in [0.29, 0.717) is 23.8 Å². The summed E-state index contributed by atoms with van der Waals surface area (Å²) >= 11 is 6.18. The Balaban J connectivity index is 1.49. The van der Waals surface area contributed by atoms with E-state index in [-0.39, 0.29) is 6.03 Å². The number of imidazole rings is 1. The van der Waals surface area contributed by atoms with E-state index in [0.717, 1.165) is 28.1 Å². The number of carbonyl (C=O) groups excluding carboxylic acids is 1. The SMILES string of the molecule is Cc1ccc(NC(=O)NCCn2c(-c3ccccc3)nc3cccnc32)c(Cl)c1. The maximum absolute atomic E-state index is 12.3. The van der Waals surface area contributed by atoms with Crippen LogP contribution in [0, 0.1) is 6.92 Å². The van der Waals surface area contributed by atoms with Crippen LogP contribution in [0.5, 0.6) is 0 Å². The predicted octanol–water partition coefficient (Wildman–Crippen LogP) is 4.88. The Morgan fingerprint density at radius 1 is 1.10 bits per heavy atom. The van der Waals surface area contributed by atoms with Crippen molar-refractivity contribution in [2.45, 2.75) is 13.5 Å². The number of hydrogen-bond acceptors (Lipinski definition) is 3. The standard InChI is InChI=1S/C22H20ClN5O/c1-15-9-10-18(17(23)14-15)27-22(29)25-12-13-28-20(16-6-3-2-4-7-16)26-19-8-5-11-24-21(19)28/h2-11,14H,12-13H2,1H3,(H2,25,27,29). The Hall–Kier alpha value is -3.38. The maximum Gasteiger partial charge on any atom is 0.319 e. The molecule has 146 valence electrons. The van der Waals surface area contributed by atoms with E-state index >= 15 is 0 Å². The van der Waals surface area contributed by atoms with Crippen LogP contribution in [0.15, 0.2) is 66.9 Å². The molecule has 2 amide bonds. The second-order valence-electron chi connectivity index (χ2n) is 6.66. The van der Waals surface area contributed by atoms with Crippen LogP contribution in [-0.4, -0.2) is 27.1 Å². The van der Waals surface area contributed by atoms with Crippen molar-refractivity contribution in [1.82, 2.24) is 19.9 Å². The highest BCUT2D eigenvalue weighted by molar-refractivity contribution is 6.33. The summed E-state index contributed by atoms with van der Waals surface area (Å²) < 4.78 is 2.02. The van der Waals surface area contributed by atoms with Crippen LogP contribution in [0.1, 0.15) is 5.56 Å². The van der Waals surface area contributed by atoms with Gasteiger partial charge in [-0.1, -0.05) is 48.0 Å². The lowest BCUT2D eigenvalue weighted by molar-refractivity contribution is 0.251. The molecule has 0 fully saturated rings. The van der Waals surface area contributed by atoms with Gasteiger partial charge in [-0.2, -0.15) is 0 Å². The predicted molar refractivity (Wildman–Crippen MR) is 116 cm³/mol. The second-order valence-corrected chi connectivity index (χ2v) is 7.07. The second kappa shape index (κ2) is 8.32. The van der Waals surface area contributed by atoms with Crippen LogP contribution in [-0.2, 0) is 6.54 Å². The fraction of sp³-hybridized carbons (Fsp3) is 0.136. The van der Waals surface area contributed by atoms with E-state index in [2.05, 4.69) is 15.6 Å². The minimum absolute atomic E-state index is 0.311. The minimum Gasteiger partial charge on any atom is -0.336 e. The first-order valence-electron chi connectivity index (χ1n) is 9.29. The number of carbonyl (C=O) groups is 1. The van der Waals surface area contributed by atoms with Crippen molar-refractivity contribution >= 4 is 34.5 Å². The maximum atomic E-state index is 12.3. The fourth-order valence-corrected chi connectivity index (χ4v) is 3.43. The monoisotopic (exact) mass is 405 g/mol. The van der Waals surface area contributed by atoms with E-state index in [1.54, 1.807) is 12.3 Å². The molecule has 4 rings (SSSR count). The lowest BCUT2D eigenvalue weighted by Crippen LogP contribution is -2.31. The number of fused-ring (bicyclic) bond motifs is 1. The van der Waals surface area contributed by atoms with Crippen molar-refractivity contribution in [3.63, 3.8) is 0 Å². The fourth-order valence-electron chi connectivity index (χ4n) is 3.15. The van der Waals surface area contributed by atoms with Crippen molar-refractivity contribution < 1.29 is 4.79 Å². The quantitative estimate of drug-likeness (QED) is 0.497. The Bertz CT molecular complexity index is 1160. The number of aryl methyl sites for hydroxylation is 1. The Labute approximate surface area is 173 Å². The summed E-state index contributed by atoms with van der Waals surface area (Å²) in [5.74, 6) is 0.822. The van der Waals surface area contributed by atoms with Gasteiger partial charge in [0.2, 0.25) is 0 Å². The van der Waals surface area contributed by atoms with Crippen LogP contribution in [0.4, 0.5) is 10.5 Å². The van der Waals surface area contributed by atoms with E-state index in [4.69, 9.17) is 16.6 Å². The topological polar surface area (TPSA) is 71.8 Å². The van der Waals surface area contributed by atoms with Gasteiger partial charge in [0, 0.05) is 24.8 Å². The van der Waals surface area contributed by atoms with Crippen LogP contribution in [0.3, 0.4) is 0 Å². The lowest BCUT2D eigenvalue weighted by Gasteiger charge is -2.12. The third-order valence-electron chi connectivity index (χ3n) is 4.53. The molecular formula is C22H20ClN5O. The largest absolute Gasteiger partial charge is 0.336 e. The number of benzene rings is 2. The normalized spacial score (nSPS) is 10.8. The molecule has 0 saturated heterocycles. The molecule has 0 saturated carbocycles. The minimum atomic E-state index is -0.311. The van der Waals surface area contributed by atoms with Crippen LogP contribution in [0.25, 0.3) is 22.6 Å². The van der Waals surface area contributed by atoms with E-state index in [1.165, 1.54) is 0 Å². The average Bonchev–Trinajstić information content (AvgIpc) is 3.10. The van der Waals surface area contributed by atoms with Gasteiger partial charge in [-0.05, 0) is 36.8 Å². The molecule has 0 aliphatic heterocycles. The highest BCUT2D eigenvalue weighted by Crippen LogP contribution is 2.24. The molecule has 4 aromatic rings. The van der Waals surface area contributed by atoms with E-state index in [1.807, 2.05) is 66.1 Å². The van der Waals surface area contributed by atoms with Crippen molar-refractivity contribution in [1.29, 1.82) is 0 Å². The molecule has 0 radical (unpaired) electrons. The highest BCUT2D eigenvalue weighted by atomic mass is 35.5. The molecule has 2 N–H and O–H groups in total. The van der Waals surface area contributed by atoms with E-state index in [9.17, 15) is 4.79 Å². The first-order chi connectivity index (χ1) is 14.1. The van der Waals surface area contributed by atoms with Crippen molar-refractivity contribution in [3.05, 3.63) is 77.4 Å². The van der Waals surface area contributed by atoms with Gasteiger partial charge in [0.15, 0.2) is 5.65 Å². The van der Waals surface area contributed by atoms with E-state index < -0.39 is 0 Å². The third kappa shape index (κ3) is 4.22. The summed E-state index contributed by atoms with van der Waals surface area (Å²) in [6, 6.07) is 18.9. The number of nitrogens with zero attached hydrogens (tertiary/aromatic N) is 3. The smallest absolute Gasteiger partial charge is 0.319 e. The molecule has 0 aliphatic rings. The first kappa shape index (κ1) is 19.0. The number of aromatic nitrogens is 3. The van der Waals surface area contributed by atoms with Gasteiger partial charge in [-0.15, -0.1) is 0 Å². The average molecular weight is 406 g/mol. The molecule has 2 aromatic heterocycles. The van der Waals surface area contributed by atoms with Crippen molar-refractivity contribution in [2.24, 2.45) is 0 Å². The summed E-state index contributed by atoms with van der Waals surface area (Å²) in [4.78, 5) is 21.5. The number of halogens is 1. The molecule has 0 unspecified atom stereocenters. The van der Waals surface area contributed by atoms with Crippen molar-refractivity contribution in [3.8, 4) is 11.4 Å². The molecule has 2 heterocycles. The van der Waals surface area contributed by atoms with Crippen LogP contribution >= 0.6 is 11.6 Å². The number of rotatable bonds is 5. The molecule has 6 nitrogen and oxygen atoms in total. The van der Waals surface area contributed by atoms with Gasteiger partial charge in [0.1, 0.15) is 11.3 Å². The number of amides is 2. The molecular weight excluding hydrogens is 386 g/mol. The van der Waals surface area contributed by atoms with Gasteiger partial charge >= 0.3 is 6.03 Å². The van der Waals surface area contributed by atoms with Gasteiger partial charge in [-0.25, -0.2) is 14.8 Å². The van der Waals surface area contributed by atoms with Gasteiger partial charge in [0.25, 0.3) is 0 Å². The Morgan fingerprint density at radius 2 is 1.93 bits per heavy atom. The summed E-state index contributed by atoms with van der Waals surface area (Å²) in [7, 11) is 0. The lowest BCUT2D eigenvalue weighted by atomic mass is 10.2. The molecule has 0 spiro atoms. The molecule has 0 atom stereocenters. The number of nitrogens with one attached hydrogen (secondary N) is 2. The van der Waals surface area contributed by atoms with Gasteiger partial charge < -0.3 is 15.2 Å². The summed E-state index contributed by atoms with van der Waals surface area (Å²) in [6.07, 6.45) is 1.74. The summed E-state index contributed by atoms with van der Waals surface area (Å²) in [5, 5.41) is 6.16. The number of anilines is 1. The highest BCUT2D eigenvalue weighted by Gasteiger charge is 2.13. The molecule has 0 aliphatic carbocycles. The zero-order valence-electron chi connectivity index (χ0n) is 15.9. The number of pyridine rings is 1. The third-order valence-corrected chi connectivity index (χ3v) is 4.84. The van der Waals surface area contributed by atoms with Gasteiger partial charge in [0.05, 0.1) is 10.7 Å². The molecule has 29 heavy (non-hydrogen) atoms. The zero-order chi connectivity index (χ0) is 20.2. The van der Waals surface area contributed by atoms with Crippen molar-refractivity contribution in [2.75, 3.05) is 11.9 Å². The Morgan fingerprint density at radius 3 is 2.72 bits per heavy atom. The van der Waals surface area contributed by atoms with Gasteiger partial charge in [-0.3, -0.25) is 0 Å². The molecule has 2 aromatic carbocycles. The van der Waals surface area contributed by atoms with Crippen LogP contribution in [0.2, 0.25) is 5.02 Å². The Kier molecular flexibility index (Phi) is 5.44. The molecule has 0 bridgehead atoms. The number of urea groups is 1. The number of hydrogen-bond donors (Lipinski definition) is 2. The summed E-state index contributed by atoms with van der Waals surface area (Å²) in [5.41, 5.74) is 4.22. The first-order valence-corrected chi connectivity index (χ1v) is 9.67. The summed E-state index contributed by atoms with van der Waals surface area (Å²) in [6.45, 7) is 2.90.